The molecule has 1 saturated heterocycles. The van der Waals surface area contributed by atoms with Crippen LogP contribution in [0.15, 0.2) is 29.3 Å². The molecule has 136 valence electrons. The van der Waals surface area contributed by atoms with E-state index in [1.54, 1.807) is 0 Å². The van der Waals surface area contributed by atoms with Gasteiger partial charge in [-0.1, -0.05) is 29.8 Å². The molecule has 1 aromatic rings. The molecule has 0 aromatic heterocycles. The Morgan fingerprint density at radius 2 is 2.00 bits per heavy atom. The number of guanidine groups is 1. The number of hydrogen-bond acceptors (Lipinski definition) is 3. The molecule has 24 heavy (non-hydrogen) atoms. The first kappa shape index (κ1) is 21.5. The maximum atomic E-state index is 6.17. The van der Waals surface area contributed by atoms with E-state index in [2.05, 4.69) is 27.4 Å². The standard InChI is InChI=1S/C17H27ClN4O.HI/c1-2-19-17(21-14-15-6-3-4-7-16(15)18)20-8-5-9-22-10-12-23-13-11-22;/h3-4,6-7H,2,5,8-14H2,1H3,(H2,19,20,21);1H. The first-order chi connectivity index (χ1) is 11.3. The molecule has 0 aliphatic carbocycles. The van der Waals surface area contributed by atoms with Crippen LogP contribution in [0, 0.1) is 0 Å². The minimum atomic E-state index is 0. The molecule has 0 bridgehead atoms. The zero-order valence-corrected chi connectivity index (χ0v) is 17.3. The molecule has 1 aromatic carbocycles. The average molecular weight is 467 g/mol. The van der Waals surface area contributed by atoms with Gasteiger partial charge in [-0.2, -0.15) is 0 Å². The zero-order valence-electron chi connectivity index (χ0n) is 14.3. The number of halogens is 2. The fraction of sp³-hybridized carbons (Fsp3) is 0.588. The Bertz CT molecular complexity index is 495. The molecule has 2 N–H and O–H groups in total. The first-order valence-corrected chi connectivity index (χ1v) is 8.73. The molecule has 0 spiro atoms. The Morgan fingerprint density at radius 3 is 2.71 bits per heavy atom. The molecule has 1 aliphatic rings. The van der Waals surface area contributed by atoms with Crippen LogP contribution in [0.25, 0.3) is 0 Å². The second kappa shape index (κ2) is 12.7. The molecular formula is C17H28ClIN4O. The van der Waals surface area contributed by atoms with Crippen molar-refractivity contribution in [2.45, 2.75) is 19.9 Å². The van der Waals surface area contributed by atoms with Gasteiger partial charge >= 0.3 is 0 Å². The van der Waals surface area contributed by atoms with Crippen LogP contribution in [0.2, 0.25) is 5.02 Å². The summed E-state index contributed by atoms with van der Waals surface area (Å²) in [4.78, 5) is 7.05. The smallest absolute Gasteiger partial charge is 0.191 e. The van der Waals surface area contributed by atoms with Gasteiger partial charge < -0.3 is 15.4 Å². The van der Waals surface area contributed by atoms with E-state index in [1.807, 2.05) is 24.3 Å². The van der Waals surface area contributed by atoms with E-state index in [1.165, 1.54) is 0 Å². The van der Waals surface area contributed by atoms with Crippen LogP contribution in [-0.2, 0) is 11.3 Å². The highest BCUT2D eigenvalue weighted by molar-refractivity contribution is 14.0. The maximum Gasteiger partial charge on any atom is 0.191 e. The van der Waals surface area contributed by atoms with Crippen LogP contribution in [-0.4, -0.2) is 56.8 Å². The number of benzene rings is 1. The molecule has 0 unspecified atom stereocenters. The molecule has 5 nitrogen and oxygen atoms in total. The lowest BCUT2D eigenvalue weighted by molar-refractivity contribution is 0.0376. The van der Waals surface area contributed by atoms with Gasteiger partial charge in [-0.3, -0.25) is 4.90 Å². The maximum absolute atomic E-state index is 6.17. The van der Waals surface area contributed by atoms with Crippen molar-refractivity contribution in [1.29, 1.82) is 0 Å². The summed E-state index contributed by atoms with van der Waals surface area (Å²) in [6.45, 7) is 9.30. The molecule has 0 amide bonds. The quantitative estimate of drug-likeness (QED) is 0.281. The van der Waals surface area contributed by atoms with E-state index < -0.39 is 0 Å². The van der Waals surface area contributed by atoms with Gasteiger partial charge in [0.2, 0.25) is 0 Å². The third-order valence-electron chi connectivity index (χ3n) is 3.76. The predicted molar refractivity (Wildman–Crippen MR) is 112 cm³/mol. The van der Waals surface area contributed by atoms with Crippen molar-refractivity contribution in [3.8, 4) is 0 Å². The Kier molecular flexibility index (Phi) is 11.4. The van der Waals surface area contributed by atoms with Gasteiger partial charge in [0.15, 0.2) is 5.96 Å². The second-order valence-corrected chi connectivity index (χ2v) is 5.93. The Balaban J connectivity index is 0.00000288. The Labute approximate surface area is 167 Å². The number of aliphatic imine (C=N–C) groups is 1. The monoisotopic (exact) mass is 466 g/mol. The summed E-state index contributed by atoms with van der Waals surface area (Å²) in [5.41, 5.74) is 1.04. The van der Waals surface area contributed by atoms with Gasteiger partial charge in [0.25, 0.3) is 0 Å². The summed E-state index contributed by atoms with van der Waals surface area (Å²) >= 11 is 6.17. The van der Waals surface area contributed by atoms with Gasteiger partial charge in [0.05, 0.1) is 19.8 Å². The van der Waals surface area contributed by atoms with E-state index in [-0.39, 0.29) is 24.0 Å². The summed E-state index contributed by atoms with van der Waals surface area (Å²) in [6.07, 6.45) is 1.09. The van der Waals surface area contributed by atoms with Crippen molar-refractivity contribution in [2.75, 3.05) is 45.9 Å². The van der Waals surface area contributed by atoms with Gasteiger partial charge in [-0.05, 0) is 31.5 Å². The molecule has 7 heteroatoms. The van der Waals surface area contributed by atoms with Crippen LogP contribution >= 0.6 is 35.6 Å². The number of nitrogens with zero attached hydrogens (tertiary/aromatic N) is 2. The van der Waals surface area contributed by atoms with E-state index in [0.717, 1.165) is 68.9 Å². The van der Waals surface area contributed by atoms with Crippen molar-refractivity contribution in [1.82, 2.24) is 15.5 Å². The molecule has 1 aliphatic heterocycles. The SMILES string of the molecule is CCNC(=NCc1ccccc1Cl)NCCCN1CCOCC1.I. The molecular weight excluding hydrogens is 439 g/mol. The van der Waals surface area contributed by atoms with Crippen LogP contribution in [0.4, 0.5) is 0 Å². The van der Waals surface area contributed by atoms with Gasteiger partial charge in [0, 0.05) is 31.2 Å². The highest BCUT2D eigenvalue weighted by Crippen LogP contribution is 2.15. The number of nitrogens with one attached hydrogen (secondary N) is 2. The van der Waals surface area contributed by atoms with E-state index in [0.29, 0.717) is 6.54 Å². The normalized spacial score (nSPS) is 15.7. The van der Waals surface area contributed by atoms with Crippen molar-refractivity contribution >= 4 is 41.5 Å². The fourth-order valence-corrected chi connectivity index (χ4v) is 2.66. The number of rotatable bonds is 7. The number of ether oxygens (including phenoxy) is 1. The minimum absolute atomic E-state index is 0. The molecule has 2 rings (SSSR count). The molecule has 0 atom stereocenters. The largest absolute Gasteiger partial charge is 0.379 e. The van der Waals surface area contributed by atoms with Crippen molar-refractivity contribution in [3.63, 3.8) is 0 Å². The number of morpholine rings is 1. The van der Waals surface area contributed by atoms with Gasteiger partial charge in [-0.15, -0.1) is 24.0 Å². The molecule has 0 saturated carbocycles. The lowest BCUT2D eigenvalue weighted by Crippen LogP contribution is -2.40. The Morgan fingerprint density at radius 1 is 1.25 bits per heavy atom. The number of hydrogen-bond donors (Lipinski definition) is 2. The summed E-state index contributed by atoms with van der Waals surface area (Å²) in [6, 6.07) is 7.83. The minimum Gasteiger partial charge on any atom is -0.379 e. The van der Waals surface area contributed by atoms with E-state index in [4.69, 9.17) is 16.3 Å². The van der Waals surface area contributed by atoms with Crippen molar-refractivity contribution in [2.24, 2.45) is 4.99 Å². The summed E-state index contributed by atoms with van der Waals surface area (Å²) in [5.74, 6) is 0.842. The zero-order chi connectivity index (χ0) is 16.3. The van der Waals surface area contributed by atoms with Crippen molar-refractivity contribution < 1.29 is 4.74 Å². The second-order valence-electron chi connectivity index (χ2n) is 5.52. The van der Waals surface area contributed by atoms with Crippen LogP contribution in [0.3, 0.4) is 0 Å². The molecule has 1 fully saturated rings. The van der Waals surface area contributed by atoms with Crippen LogP contribution in [0.1, 0.15) is 18.9 Å². The van der Waals surface area contributed by atoms with Gasteiger partial charge in [-0.25, -0.2) is 4.99 Å². The third kappa shape index (κ3) is 8.00. The van der Waals surface area contributed by atoms with Crippen molar-refractivity contribution in [3.05, 3.63) is 34.9 Å². The Hall–Kier alpha value is -0.570. The highest BCUT2D eigenvalue weighted by atomic mass is 127. The third-order valence-corrected chi connectivity index (χ3v) is 4.13. The lowest BCUT2D eigenvalue weighted by atomic mass is 10.2. The molecule has 1 heterocycles. The topological polar surface area (TPSA) is 48.9 Å². The highest BCUT2D eigenvalue weighted by Gasteiger charge is 2.09. The van der Waals surface area contributed by atoms with Gasteiger partial charge in [0.1, 0.15) is 0 Å². The summed E-state index contributed by atoms with van der Waals surface area (Å²) in [7, 11) is 0. The first-order valence-electron chi connectivity index (χ1n) is 8.35. The van der Waals surface area contributed by atoms with Crippen LogP contribution in [0.5, 0.6) is 0 Å². The average Bonchev–Trinajstić information content (AvgIpc) is 2.58. The fourth-order valence-electron chi connectivity index (χ4n) is 2.47. The van der Waals surface area contributed by atoms with Crippen LogP contribution < -0.4 is 10.6 Å². The van der Waals surface area contributed by atoms with E-state index in [9.17, 15) is 0 Å². The summed E-state index contributed by atoms with van der Waals surface area (Å²) in [5, 5.41) is 7.42. The van der Waals surface area contributed by atoms with E-state index >= 15 is 0 Å². The molecule has 0 radical (unpaired) electrons. The predicted octanol–water partition coefficient (Wildman–Crippen LogP) is 2.74. The lowest BCUT2D eigenvalue weighted by Gasteiger charge is -2.26. The summed E-state index contributed by atoms with van der Waals surface area (Å²) < 4.78 is 5.36.